The number of esters is 1. The minimum absolute atomic E-state index is 0.0132. The van der Waals surface area contributed by atoms with Crippen LogP contribution < -0.4 is 4.90 Å². The minimum atomic E-state index is -3.07. The number of sulfone groups is 1. The monoisotopic (exact) mass is 396 g/mol. The lowest BCUT2D eigenvalue weighted by atomic mass is 10.2. The number of carbonyl (C=O) groups is 3. The number of hydrogen-bond acceptors (Lipinski definition) is 6. The van der Waals surface area contributed by atoms with Crippen molar-refractivity contribution in [2.75, 3.05) is 37.1 Å². The van der Waals surface area contributed by atoms with Gasteiger partial charge in [0.25, 0.3) is 0 Å². The summed E-state index contributed by atoms with van der Waals surface area (Å²) in [6, 6.07) is 6.02. The lowest BCUT2D eigenvalue weighted by molar-refractivity contribution is -0.131. The molecule has 1 aliphatic heterocycles. The summed E-state index contributed by atoms with van der Waals surface area (Å²) in [7, 11) is -0.189. The van der Waals surface area contributed by atoms with Crippen molar-refractivity contribution in [1.82, 2.24) is 4.90 Å². The molecule has 8 nitrogen and oxygen atoms in total. The van der Waals surface area contributed by atoms with Crippen molar-refractivity contribution in [2.24, 2.45) is 0 Å². The van der Waals surface area contributed by atoms with Crippen LogP contribution in [0, 0.1) is 0 Å². The van der Waals surface area contributed by atoms with Crippen molar-refractivity contribution in [2.45, 2.75) is 25.8 Å². The third-order valence-corrected chi connectivity index (χ3v) is 6.43. The van der Waals surface area contributed by atoms with E-state index in [1.54, 1.807) is 31.3 Å². The van der Waals surface area contributed by atoms with Crippen molar-refractivity contribution in [1.29, 1.82) is 0 Å². The molecule has 0 radical (unpaired) electrons. The summed E-state index contributed by atoms with van der Waals surface area (Å²) in [6.45, 7) is 1.56. The number of amides is 2. The molecule has 1 aromatic rings. The molecule has 0 saturated carbocycles. The minimum Gasteiger partial charge on any atom is -0.465 e. The lowest BCUT2D eigenvalue weighted by Gasteiger charge is -2.26. The van der Waals surface area contributed by atoms with Crippen LogP contribution in [0.2, 0.25) is 0 Å². The molecule has 1 unspecified atom stereocenters. The smallest absolute Gasteiger partial charge is 0.337 e. The first-order chi connectivity index (χ1) is 12.6. The van der Waals surface area contributed by atoms with Crippen LogP contribution >= 0.6 is 0 Å². The Balaban J connectivity index is 2.01. The summed E-state index contributed by atoms with van der Waals surface area (Å²) >= 11 is 0. The number of ether oxygens (including phenoxy) is 1. The zero-order valence-corrected chi connectivity index (χ0v) is 16.5. The number of benzene rings is 1. The fraction of sp³-hybridized carbons (Fsp3) is 0.500. The van der Waals surface area contributed by atoms with Gasteiger partial charge in [-0.2, -0.15) is 0 Å². The number of anilines is 1. The molecule has 1 aliphatic rings. The van der Waals surface area contributed by atoms with Crippen LogP contribution in [0.1, 0.15) is 30.1 Å². The first-order valence-corrected chi connectivity index (χ1v) is 10.4. The Labute approximate surface area is 159 Å². The fourth-order valence-corrected chi connectivity index (χ4v) is 4.81. The van der Waals surface area contributed by atoms with E-state index < -0.39 is 15.8 Å². The largest absolute Gasteiger partial charge is 0.465 e. The SMILES string of the molecule is COC(=O)c1ccc(N(CCC(=O)N(C)C2CCS(=O)(=O)C2)C(C)=O)cc1. The van der Waals surface area contributed by atoms with Gasteiger partial charge >= 0.3 is 5.97 Å². The molecular weight excluding hydrogens is 372 g/mol. The Morgan fingerprint density at radius 3 is 2.30 bits per heavy atom. The van der Waals surface area contributed by atoms with E-state index in [9.17, 15) is 22.8 Å². The molecular formula is C18H24N2O6S. The van der Waals surface area contributed by atoms with E-state index in [1.165, 1.54) is 23.8 Å². The fourth-order valence-electron chi connectivity index (χ4n) is 3.03. The molecule has 0 aliphatic carbocycles. The summed E-state index contributed by atoms with van der Waals surface area (Å²) in [5, 5.41) is 0. The molecule has 27 heavy (non-hydrogen) atoms. The Kier molecular flexibility index (Phi) is 6.59. The van der Waals surface area contributed by atoms with Gasteiger partial charge in [0.1, 0.15) is 0 Å². The number of hydrogen-bond donors (Lipinski definition) is 0. The first kappa shape index (κ1) is 20.9. The average molecular weight is 396 g/mol. The van der Waals surface area contributed by atoms with Crippen LogP contribution in [0.3, 0.4) is 0 Å². The molecule has 0 bridgehead atoms. The highest BCUT2D eigenvalue weighted by Crippen LogP contribution is 2.19. The maximum absolute atomic E-state index is 12.4. The number of methoxy groups -OCH3 is 1. The van der Waals surface area contributed by atoms with E-state index in [2.05, 4.69) is 4.74 Å². The van der Waals surface area contributed by atoms with Crippen LogP contribution in [0.15, 0.2) is 24.3 Å². The normalized spacial score (nSPS) is 18.0. The molecule has 0 aromatic heterocycles. The quantitative estimate of drug-likeness (QED) is 0.661. The third-order valence-electron chi connectivity index (χ3n) is 4.68. The van der Waals surface area contributed by atoms with Gasteiger partial charge in [-0.1, -0.05) is 0 Å². The van der Waals surface area contributed by atoms with E-state index in [4.69, 9.17) is 0 Å². The van der Waals surface area contributed by atoms with E-state index in [0.29, 0.717) is 17.7 Å². The molecule has 0 N–H and O–H groups in total. The second-order valence-corrected chi connectivity index (χ2v) is 8.75. The maximum Gasteiger partial charge on any atom is 0.337 e. The van der Waals surface area contributed by atoms with Gasteiger partial charge < -0.3 is 14.5 Å². The molecule has 2 amide bonds. The summed E-state index contributed by atoms with van der Waals surface area (Å²) in [6.07, 6.45) is 0.515. The molecule has 2 rings (SSSR count). The predicted octanol–water partition coefficient (Wildman–Crippen LogP) is 0.862. The standard InChI is InChI=1S/C18H24N2O6S/c1-13(21)20(15-6-4-14(5-7-15)18(23)26-3)10-8-17(22)19(2)16-9-11-27(24,25)12-16/h4-7,16H,8-12H2,1-3H3. The zero-order chi connectivity index (χ0) is 20.2. The zero-order valence-electron chi connectivity index (χ0n) is 15.7. The molecule has 1 aromatic carbocycles. The summed E-state index contributed by atoms with van der Waals surface area (Å²) in [5.41, 5.74) is 0.928. The molecule has 148 valence electrons. The van der Waals surface area contributed by atoms with Crippen molar-refractivity contribution in [3.8, 4) is 0 Å². The molecule has 1 saturated heterocycles. The molecule has 0 spiro atoms. The third kappa shape index (κ3) is 5.29. The summed E-state index contributed by atoms with van der Waals surface area (Å²) in [5.74, 6) is -0.837. The van der Waals surface area contributed by atoms with Crippen LogP contribution in [0.5, 0.6) is 0 Å². The maximum atomic E-state index is 12.4. The van der Waals surface area contributed by atoms with Gasteiger partial charge in [-0.3, -0.25) is 9.59 Å². The molecule has 1 atom stereocenters. The second kappa shape index (κ2) is 8.51. The van der Waals surface area contributed by atoms with Crippen molar-refractivity contribution in [3.05, 3.63) is 29.8 Å². The van der Waals surface area contributed by atoms with E-state index in [-0.39, 0.29) is 42.3 Å². The van der Waals surface area contributed by atoms with Crippen molar-refractivity contribution < 1.29 is 27.5 Å². The average Bonchev–Trinajstić information content (AvgIpc) is 3.00. The van der Waals surface area contributed by atoms with Crippen molar-refractivity contribution in [3.63, 3.8) is 0 Å². The second-order valence-electron chi connectivity index (χ2n) is 6.52. The van der Waals surface area contributed by atoms with Crippen LogP contribution in [0.4, 0.5) is 5.69 Å². The van der Waals surface area contributed by atoms with Gasteiger partial charge in [0.15, 0.2) is 9.84 Å². The molecule has 1 fully saturated rings. The topological polar surface area (TPSA) is 101 Å². The summed E-state index contributed by atoms with van der Waals surface area (Å²) < 4.78 is 27.8. The van der Waals surface area contributed by atoms with Crippen LogP contribution in [-0.2, 0) is 24.2 Å². The Bertz CT molecular complexity index is 819. The number of rotatable bonds is 6. The lowest BCUT2D eigenvalue weighted by Crippen LogP contribution is -2.40. The van der Waals surface area contributed by atoms with Crippen LogP contribution in [-0.4, -0.2) is 69.4 Å². The van der Waals surface area contributed by atoms with E-state index in [0.717, 1.165) is 0 Å². The highest BCUT2D eigenvalue weighted by molar-refractivity contribution is 7.91. The van der Waals surface area contributed by atoms with Gasteiger partial charge in [0.2, 0.25) is 11.8 Å². The van der Waals surface area contributed by atoms with E-state index >= 15 is 0 Å². The molecule has 9 heteroatoms. The highest BCUT2D eigenvalue weighted by atomic mass is 32.2. The van der Waals surface area contributed by atoms with Gasteiger partial charge in [-0.25, -0.2) is 13.2 Å². The Morgan fingerprint density at radius 1 is 1.19 bits per heavy atom. The van der Waals surface area contributed by atoms with Crippen molar-refractivity contribution >= 4 is 33.3 Å². The van der Waals surface area contributed by atoms with Gasteiger partial charge in [0.05, 0.1) is 24.2 Å². The Morgan fingerprint density at radius 2 is 1.81 bits per heavy atom. The highest BCUT2D eigenvalue weighted by Gasteiger charge is 2.32. The Hall–Kier alpha value is -2.42. The number of carbonyl (C=O) groups excluding carboxylic acids is 3. The molecule has 1 heterocycles. The first-order valence-electron chi connectivity index (χ1n) is 8.57. The van der Waals surface area contributed by atoms with Crippen LogP contribution in [0.25, 0.3) is 0 Å². The van der Waals surface area contributed by atoms with E-state index in [1.807, 2.05) is 0 Å². The van der Waals surface area contributed by atoms with Gasteiger partial charge in [-0.05, 0) is 30.7 Å². The number of nitrogens with zero attached hydrogens (tertiary/aromatic N) is 2. The van der Waals surface area contributed by atoms with Gasteiger partial charge in [-0.15, -0.1) is 0 Å². The summed E-state index contributed by atoms with van der Waals surface area (Å²) in [4.78, 5) is 38.8. The predicted molar refractivity (Wildman–Crippen MR) is 100 cm³/mol. The van der Waals surface area contributed by atoms with Gasteiger partial charge in [0, 0.05) is 38.7 Å².